The molecule has 0 spiro atoms. The Kier molecular flexibility index (Phi) is 4.98. The van der Waals surface area contributed by atoms with Crippen LogP contribution in [0.1, 0.15) is 35.0 Å². The fourth-order valence-corrected chi connectivity index (χ4v) is 3.71. The summed E-state index contributed by atoms with van der Waals surface area (Å²) in [5.41, 5.74) is 0.560. The van der Waals surface area contributed by atoms with Crippen molar-refractivity contribution in [3.8, 4) is 0 Å². The Balaban J connectivity index is 1.79. The average Bonchev–Trinajstić information content (AvgIpc) is 3.12. The van der Waals surface area contributed by atoms with Crippen molar-refractivity contribution in [3.63, 3.8) is 0 Å². The Morgan fingerprint density at radius 1 is 1.28 bits per heavy atom. The van der Waals surface area contributed by atoms with Crippen LogP contribution in [0.3, 0.4) is 0 Å². The molecule has 1 atom stereocenters. The first-order valence-corrected chi connectivity index (χ1v) is 8.99. The number of carbonyl (C=O) groups excluding carboxylic acids is 1. The largest absolute Gasteiger partial charge is 0.480 e. The highest BCUT2D eigenvalue weighted by Crippen LogP contribution is 2.25. The minimum atomic E-state index is -1.02. The summed E-state index contributed by atoms with van der Waals surface area (Å²) in [6.45, 7) is 5.13. The minimum absolute atomic E-state index is 0.173. The van der Waals surface area contributed by atoms with Crippen LogP contribution in [0, 0.1) is 0 Å². The average molecular weight is 360 g/mol. The SMILES string of the molecule is CC(C)c1cc(C(=O)N2CCN(c3ncccn3)CC2C(=O)O)cs1. The molecule has 8 heteroatoms. The van der Waals surface area contributed by atoms with Crippen LogP contribution >= 0.6 is 11.3 Å². The number of hydrogen-bond donors (Lipinski definition) is 1. The molecule has 1 N–H and O–H groups in total. The maximum atomic E-state index is 12.8. The Bertz CT molecular complexity index is 762. The number of thiophene rings is 1. The quantitative estimate of drug-likeness (QED) is 0.898. The van der Waals surface area contributed by atoms with Gasteiger partial charge >= 0.3 is 5.97 Å². The molecule has 132 valence electrons. The lowest BCUT2D eigenvalue weighted by Crippen LogP contribution is -2.58. The first-order chi connectivity index (χ1) is 12.0. The summed E-state index contributed by atoms with van der Waals surface area (Å²) in [6.07, 6.45) is 3.24. The predicted octanol–water partition coefficient (Wildman–Crippen LogP) is 2.08. The van der Waals surface area contributed by atoms with E-state index in [0.29, 0.717) is 30.5 Å². The summed E-state index contributed by atoms with van der Waals surface area (Å²) in [5, 5.41) is 11.4. The minimum Gasteiger partial charge on any atom is -0.480 e. The fraction of sp³-hybridized carbons (Fsp3) is 0.412. The number of piperazine rings is 1. The summed E-state index contributed by atoms with van der Waals surface area (Å²) in [5.74, 6) is -0.426. The zero-order chi connectivity index (χ0) is 18.0. The van der Waals surface area contributed by atoms with Crippen molar-refractivity contribution in [3.05, 3.63) is 40.3 Å². The molecule has 0 radical (unpaired) electrons. The van der Waals surface area contributed by atoms with Gasteiger partial charge in [-0.3, -0.25) is 4.79 Å². The van der Waals surface area contributed by atoms with Gasteiger partial charge in [-0.05, 0) is 18.1 Å². The third kappa shape index (κ3) is 3.63. The molecule has 1 aliphatic heterocycles. The van der Waals surface area contributed by atoms with Crippen LogP contribution in [0.5, 0.6) is 0 Å². The lowest BCUT2D eigenvalue weighted by atomic mass is 10.1. The van der Waals surface area contributed by atoms with Gasteiger partial charge in [-0.25, -0.2) is 14.8 Å². The summed E-state index contributed by atoms with van der Waals surface area (Å²) in [4.78, 5) is 37.2. The van der Waals surface area contributed by atoms with E-state index in [0.717, 1.165) is 4.88 Å². The lowest BCUT2D eigenvalue weighted by Gasteiger charge is -2.39. The van der Waals surface area contributed by atoms with Crippen LogP contribution in [0.4, 0.5) is 5.95 Å². The van der Waals surface area contributed by atoms with Crippen molar-refractivity contribution in [1.82, 2.24) is 14.9 Å². The van der Waals surface area contributed by atoms with Crippen molar-refractivity contribution >= 4 is 29.2 Å². The molecular weight excluding hydrogens is 340 g/mol. The molecule has 1 aliphatic rings. The number of hydrogen-bond acceptors (Lipinski definition) is 6. The molecule has 2 aromatic rings. The van der Waals surface area contributed by atoms with Gasteiger partial charge in [0.15, 0.2) is 0 Å². The number of carbonyl (C=O) groups is 2. The predicted molar refractivity (Wildman–Crippen MR) is 95.1 cm³/mol. The number of rotatable bonds is 4. The van der Waals surface area contributed by atoms with E-state index in [-0.39, 0.29) is 12.5 Å². The van der Waals surface area contributed by atoms with Crippen LogP contribution in [-0.4, -0.2) is 57.5 Å². The summed E-state index contributed by atoms with van der Waals surface area (Å²) in [6, 6.07) is 2.65. The second kappa shape index (κ2) is 7.18. The van der Waals surface area contributed by atoms with Crippen LogP contribution in [0.2, 0.25) is 0 Å². The highest BCUT2D eigenvalue weighted by molar-refractivity contribution is 7.10. The van der Waals surface area contributed by atoms with Crippen molar-refractivity contribution in [1.29, 1.82) is 0 Å². The maximum Gasteiger partial charge on any atom is 0.328 e. The van der Waals surface area contributed by atoms with Gasteiger partial charge in [-0.1, -0.05) is 13.8 Å². The Labute approximate surface area is 149 Å². The second-order valence-corrected chi connectivity index (χ2v) is 7.18. The van der Waals surface area contributed by atoms with E-state index in [9.17, 15) is 14.7 Å². The molecule has 1 fully saturated rings. The highest BCUT2D eigenvalue weighted by Gasteiger charge is 2.36. The molecule has 7 nitrogen and oxygen atoms in total. The third-order valence-electron chi connectivity index (χ3n) is 4.20. The van der Waals surface area contributed by atoms with E-state index in [1.807, 2.05) is 11.4 Å². The third-order valence-corrected chi connectivity index (χ3v) is 5.43. The van der Waals surface area contributed by atoms with Gasteiger partial charge < -0.3 is 14.9 Å². The van der Waals surface area contributed by atoms with Crippen molar-refractivity contribution in [2.24, 2.45) is 0 Å². The van der Waals surface area contributed by atoms with E-state index in [1.54, 1.807) is 23.4 Å². The van der Waals surface area contributed by atoms with E-state index in [1.165, 1.54) is 16.2 Å². The molecular formula is C17H20N4O3S. The molecule has 1 saturated heterocycles. The smallest absolute Gasteiger partial charge is 0.328 e. The van der Waals surface area contributed by atoms with Gasteiger partial charge in [-0.15, -0.1) is 11.3 Å². The van der Waals surface area contributed by atoms with E-state index in [4.69, 9.17) is 0 Å². The van der Waals surface area contributed by atoms with Crippen molar-refractivity contribution < 1.29 is 14.7 Å². The lowest BCUT2D eigenvalue weighted by molar-refractivity contribution is -0.142. The Morgan fingerprint density at radius 3 is 2.60 bits per heavy atom. The van der Waals surface area contributed by atoms with Crippen LogP contribution < -0.4 is 4.90 Å². The summed E-state index contributed by atoms with van der Waals surface area (Å²) < 4.78 is 0. The highest BCUT2D eigenvalue weighted by atomic mass is 32.1. The molecule has 0 bridgehead atoms. The number of amides is 1. The van der Waals surface area contributed by atoms with Crippen LogP contribution in [-0.2, 0) is 4.79 Å². The molecule has 0 aliphatic carbocycles. The van der Waals surface area contributed by atoms with Crippen molar-refractivity contribution in [2.45, 2.75) is 25.8 Å². The number of aromatic nitrogens is 2. The Hall–Kier alpha value is -2.48. The van der Waals surface area contributed by atoms with E-state index >= 15 is 0 Å². The van der Waals surface area contributed by atoms with Gasteiger partial charge in [0.1, 0.15) is 6.04 Å². The van der Waals surface area contributed by atoms with E-state index in [2.05, 4.69) is 23.8 Å². The summed E-state index contributed by atoms with van der Waals surface area (Å²) in [7, 11) is 0. The normalized spacial score (nSPS) is 17.8. The van der Waals surface area contributed by atoms with Crippen LogP contribution in [0.25, 0.3) is 0 Å². The standard InChI is InChI=1S/C17H20N4O3S/c1-11(2)14-8-12(10-25-14)15(22)21-7-6-20(9-13(21)16(23)24)17-18-4-3-5-19-17/h3-5,8,10-11,13H,6-7,9H2,1-2H3,(H,23,24). The Morgan fingerprint density at radius 2 is 2.00 bits per heavy atom. The topological polar surface area (TPSA) is 86.6 Å². The molecule has 1 amide bonds. The number of anilines is 1. The van der Waals surface area contributed by atoms with Gasteiger partial charge in [0.2, 0.25) is 5.95 Å². The zero-order valence-electron chi connectivity index (χ0n) is 14.1. The molecule has 0 saturated carbocycles. The molecule has 25 heavy (non-hydrogen) atoms. The number of carboxylic acids is 1. The first kappa shape index (κ1) is 17.3. The van der Waals surface area contributed by atoms with Crippen LogP contribution in [0.15, 0.2) is 29.9 Å². The van der Waals surface area contributed by atoms with Crippen molar-refractivity contribution in [2.75, 3.05) is 24.5 Å². The molecule has 3 rings (SSSR count). The number of nitrogens with zero attached hydrogens (tertiary/aromatic N) is 4. The van der Waals surface area contributed by atoms with Gasteiger partial charge in [0, 0.05) is 35.7 Å². The molecule has 3 heterocycles. The van der Waals surface area contributed by atoms with E-state index < -0.39 is 12.0 Å². The molecule has 2 aromatic heterocycles. The van der Waals surface area contributed by atoms with Gasteiger partial charge in [0.05, 0.1) is 12.1 Å². The second-order valence-electron chi connectivity index (χ2n) is 6.24. The number of carboxylic acid groups (broad SMARTS) is 1. The molecule has 1 unspecified atom stereocenters. The maximum absolute atomic E-state index is 12.8. The van der Waals surface area contributed by atoms with Gasteiger partial charge in [0.25, 0.3) is 5.91 Å². The zero-order valence-corrected chi connectivity index (χ0v) is 14.9. The molecule has 0 aromatic carbocycles. The first-order valence-electron chi connectivity index (χ1n) is 8.11. The number of aliphatic carboxylic acids is 1. The monoisotopic (exact) mass is 360 g/mol. The van der Waals surface area contributed by atoms with Gasteiger partial charge in [-0.2, -0.15) is 0 Å². The fourth-order valence-electron chi connectivity index (χ4n) is 2.81. The summed E-state index contributed by atoms with van der Waals surface area (Å²) >= 11 is 1.53.